The molecule has 5 nitrogen and oxygen atoms in total. The number of ether oxygens (including phenoxy) is 1. The van der Waals surface area contributed by atoms with E-state index in [0.717, 1.165) is 16.3 Å². The number of nitrogens with zero attached hydrogens (tertiary/aromatic N) is 3. The number of carbonyl (C=O) groups excluding carboxylic acids is 1. The maximum Gasteiger partial charge on any atom is 0.191 e. The minimum absolute atomic E-state index is 0.0493. The van der Waals surface area contributed by atoms with Gasteiger partial charge in [0.25, 0.3) is 0 Å². The van der Waals surface area contributed by atoms with Crippen molar-refractivity contribution in [3.05, 3.63) is 71.5 Å². The van der Waals surface area contributed by atoms with Crippen LogP contribution in [0.4, 0.5) is 0 Å². The summed E-state index contributed by atoms with van der Waals surface area (Å²) < 4.78 is 7.20. The summed E-state index contributed by atoms with van der Waals surface area (Å²) in [5.41, 5.74) is 2.76. The van der Waals surface area contributed by atoms with Gasteiger partial charge in [-0.15, -0.1) is 10.2 Å². The van der Waals surface area contributed by atoms with Gasteiger partial charge in [-0.3, -0.25) is 4.79 Å². The van der Waals surface area contributed by atoms with Crippen molar-refractivity contribution in [3.8, 4) is 5.75 Å². The fourth-order valence-electron chi connectivity index (χ4n) is 2.72. The second kappa shape index (κ2) is 8.19. The van der Waals surface area contributed by atoms with E-state index in [1.807, 2.05) is 41.9 Å². The molecule has 0 amide bonds. The second-order valence-electron chi connectivity index (χ2n) is 6.03. The number of hydrogen-bond donors (Lipinski definition) is 0. The van der Waals surface area contributed by atoms with Crippen LogP contribution in [0, 0.1) is 0 Å². The summed E-state index contributed by atoms with van der Waals surface area (Å²) in [6, 6.07) is 15.5. The molecule has 3 rings (SSSR count). The van der Waals surface area contributed by atoms with Gasteiger partial charge < -0.3 is 9.30 Å². The van der Waals surface area contributed by atoms with Gasteiger partial charge >= 0.3 is 0 Å². The Morgan fingerprint density at radius 3 is 2.77 bits per heavy atom. The first-order valence-corrected chi connectivity index (χ1v) is 9.22. The first kappa shape index (κ1) is 18.2. The highest BCUT2D eigenvalue weighted by Crippen LogP contribution is 2.33. The Bertz CT molecular complexity index is 907. The van der Waals surface area contributed by atoms with Crippen LogP contribution >= 0.6 is 11.8 Å². The van der Waals surface area contributed by atoms with Gasteiger partial charge in [-0.2, -0.15) is 0 Å². The summed E-state index contributed by atoms with van der Waals surface area (Å²) in [5.74, 6) is 0.660. The third-order valence-electron chi connectivity index (χ3n) is 4.14. The highest BCUT2D eigenvalue weighted by molar-refractivity contribution is 7.99. The molecule has 2 aromatic carbocycles. The number of carbonyl (C=O) groups is 1. The van der Waals surface area contributed by atoms with Crippen LogP contribution in [0.5, 0.6) is 5.75 Å². The highest BCUT2D eigenvalue weighted by Gasteiger charge is 2.15. The maximum atomic E-state index is 12.7. The Labute approximate surface area is 157 Å². The molecule has 0 spiro atoms. The van der Waals surface area contributed by atoms with Crippen LogP contribution in [0.25, 0.3) is 0 Å². The zero-order valence-corrected chi connectivity index (χ0v) is 15.9. The van der Waals surface area contributed by atoms with Gasteiger partial charge in [0.1, 0.15) is 12.1 Å². The van der Waals surface area contributed by atoms with Crippen LogP contribution in [-0.4, -0.2) is 27.7 Å². The van der Waals surface area contributed by atoms with E-state index in [4.69, 9.17) is 4.74 Å². The van der Waals surface area contributed by atoms with E-state index in [1.165, 1.54) is 0 Å². The number of aromatic nitrogens is 3. The number of para-hydroxylation sites is 1. The minimum atomic E-state index is 0.0493. The Hall–Kier alpha value is -2.60. The lowest BCUT2D eigenvalue weighted by molar-refractivity contribution is 0.0990. The lowest BCUT2D eigenvalue weighted by Gasteiger charge is -2.12. The SMILES string of the molecule is COc1ccccc1C(=O)Cc1cccc(C(C)Sc2nncn2C)c1. The molecule has 3 aromatic rings. The van der Waals surface area contributed by atoms with E-state index in [-0.39, 0.29) is 11.0 Å². The summed E-state index contributed by atoms with van der Waals surface area (Å²) in [7, 11) is 3.51. The molecular formula is C20H21N3O2S. The number of thioether (sulfide) groups is 1. The number of hydrogen-bond acceptors (Lipinski definition) is 5. The van der Waals surface area contributed by atoms with Crippen LogP contribution in [0.1, 0.15) is 33.7 Å². The number of rotatable bonds is 7. The monoisotopic (exact) mass is 367 g/mol. The van der Waals surface area contributed by atoms with E-state index in [1.54, 1.807) is 31.3 Å². The molecule has 0 aliphatic rings. The molecule has 0 aliphatic heterocycles. The molecule has 26 heavy (non-hydrogen) atoms. The van der Waals surface area contributed by atoms with Crippen LogP contribution in [0.15, 0.2) is 60.0 Å². The smallest absolute Gasteiger partial charge is 0.191 e. The molecule has 0 radical (unpaired) electrons. The molecule has 0 N–H and O–H groups in total. The third kappa shape index (κ3) is 4.14. The van der Waals surface area contributed by atoms with Gasteiger partial charge in [-0.1, -0.05) is 48.2 Å². The molecule has 1 unspecified atom stereocenters. The van der Waals surface area contributed by atoms with Crippen molar-refractivity contribution in [2.24, 2.45) is 7.05 Å². The quantitative estimate of drug-likeness (QED) is 0.465. The summed E-state index contributed by atoms with van der Waals surface area (Å²) in [5, 5.41) is 9.11. The van der Waals surface area contributed by atoms with Crippen molar-refractivity contribution in [1.29, 1.82) is 0 Å². The van der Waals surface area contributed by atoms with Crippen LogP contribution < -0.4 is 4.74 Å². The Kier molecular flexibility index (Phi) is 5.73. The summed E-state index contributed by atoms with van der Waals surface area (Å²) in [6.45, 7) is 2.13. The normalized spacial score (nSPS) is 12.0. The average Bonchev–Trinajstić information content (AvgIpc) is 3.06. The van der Waals surface area contributed by atoms with Crippen molar-refractivity contribution in [3.63, 3.8) is 0 Å². The number of ketones is 1. The molecule has 0 saturated carbocycles. The van der Waals surface area contributed by atoms with Gasteiger partial charge in [0.15, 0.2) is 10.9 Å². The van der Waals surface area contributed by atoms with E-state index >= 15 is 0 Å². The molecule has 1 atom stereocenters. The first-order valence-electron chi connectivity index (χ1n) is 8.34. The van der Waals surface area contributed by atoms with E-state index in [2.05, 4.69) is 29.3 Å². The molecule has 1 aromatic heterocycles. The van der Waals surface area contributed by atoms with E-state index in [9.17, 15) is 4.79 Å². The molecule has 0 fully saturated rings. The van der Waals surface area contributed by atoms with Crippen molar-refractivity contribution in [1.82, 2.24) is 14.8 Å². The zero-order valence-electron chi connectivity index (χ0n) is 15.0. The number of Topliss-reactive ketones (excluding diaryl/α,β-unsaturated/α-hetero) is 1. The fraction of sp³-hybridized carbons (Fsp3) is 0.250. The van der Waals surface area contributed by atoms with Crippen molar-refractivity contribution in [2.75, 3.05) is 7.11 Å². The molecule has 6 heteroatoms. The molecule has 1 heterocycles. The van der Waals surface area contributed by atoms with Crippen LogP contribution in [-0.2, 0) is 13.5 Å². The van der Waals surface area contributed by atoms with Gasteiger partial charge in [0, 0.05) is 18.7 Å². The van der Waals surface area contributed by atoms with Crippen LogP contribution in [0.2, 0.25) is 0 Å². The summed E-state index contributed by atoms with van der Waals surface area (Å²) in [4.78, 5) is 12.7. The van der Waals surface area contributed by atoms with Crippen molar-refractivity contribution in [2.45, 2.75) is 23.8 Å². The Balaban J connectivity index is 1.75. The summed E-state index contributed by atoms with van der Waals surface area (Å²) >= 11 is 1.64. The topological polar surface area (TPSA) is 57.0 Å². The average molecular weight is 367 g/mol. The number of methoxy groups -OCH3 is 1. The van der Waals surface area contributed by atoms with Crippen LogP contribution in [0.3, 0.4) is 0 Å². The van der Waals surface area contributed by atoms with E-state index in [0.29, 0.717) is 17.7 Å². The second-order valence-corrected chi connectivity index (χ2v) is 7.34. The number of benzene rings is 2. The maximum absolute atomic E-state index is 12.7. The lowest BCUT2D eigenvalue weighted by Crippen LogP contribution is -2.06. The lowest BCUT2D eigenvalue weighted by atomic mass is 10.00. The predicted octanol–water partition coefficient (Wildman–Crippen LogP) is 4.10. The molecule has 0 aliphatic carbocycles. The largest absolute Gasteiger partial charge is 0.496 e. The molecule has 134 valence electrons. The van der Waals surface area contributed by atoms with Gasteiger partial charge in [-0.25, -0.2) is 0 Å². The third-order valence-corrected chi connectivity index (χ3v) is 5.35. The molecule has 0 saturated heterocycles. The van der Waals surface area contributed by atoms with Gasteiger partial charge in [0.05, 0.1) is 12.7 Å². The summed E-state index contributed by atoms with van der Waals surface area (Å²) in [6.07, 6.45) is 2.03. The van der Waals surface area contributed by atoms with Gasteiger partial charge in [-0.05, 0) is 30.2 Å². The van der Waals surface area contributed by atoms with Crippen molar-refractivity contribution >= 4 is 17.5 Å². The first-order chi connectivity index (χ1) is 12.6. The van der Waals surface area contributed by atoms with Crippen molar-refractivity contribution < 1.29 is 9.53 Å². The molecular weight excluding hydrogens is 346 g/mol. The fourth-order valence-corrected chi connectivity index (χ4v) is 3.62. The standard InChI is InChI=1S/C20H21N3O2S/c1-14(26-20-22-21-13-23(20)2)16-8-6-7-15(11-16)12-18(24)17-9-4-5-10-19(17)25-3/h4-11,13-14H,12H2,1-3H3. The highest BCUT2D eigenvalue weighted by atomic mass is 32.2. The predicted molar refractivity (Wildman–Crippen MR) is 103 cm³/mol. The Morgan fingerprint density at radius 1 is 1.23 bits per heavy atom. The van der Waals surface area contributed by atoms with Gasteiger partial charge in [0.2, 0.25) is 0 Å². The van der Waals surface area contributed by atoms with E-state index < -0.39 is 0 Å². The minimum Gasteiger partial charge on any atom is -0.496 e. The zero-order chi connectivity index (χ0) is 18.5. The molecule has 0 bridgehead atoms. The Morgan fingerprint density at radius 2 is 2.04 bits per heavy atom. The number of aryl methyl sites for hydroxylation is 1.